The monoisotopic (exact) mass is 569 g/mol. The van der Waals surface area contributed by atoms with Crippen LogP contribution < -0.4 is 10.6 Å². The Morgan fingerprint density at radius 1 is 0.974 bits per heavy atom. The molecule has 2 N–H and O–H groups in total. The Kier molecular flexibility index (Phi) is 12.0. The maximum absolute atomic E-state index is 13.7. The molecular weight excluding hydrogens is 531 g/mol. The lowest BCUT2D eigenvalue weighted by molar-refractivity contribution is -0.154. The number of methoxy groups -OCH3 is 1. The third-order valence-corrected chi connectivity index (χ3v) is 7.26. The molecule has 2 unspecified atom stereocenters. The van der Waals surface area contributed by atoms with Crippen molar-refractivity contribution in [2.75, 3.05) is 30.8 Å². The predicted molar refractivity (Wildman–Crippen MR) is 150 cm³/mol. The van der Waals surface area contributed by atoms with E-state index in [9.17, 15) is 22.8 Å². The van der Waals surface area contributed by atoms with Crippen LogP contribution >= 0.6 is 11.6 Å². The van der Waals surface area contributed by atoms with E-state index in [1.165, 1.54) is 13.2 Å². The minimum absolute atomic E-state index is 0.0497. The van der Waals surface area contributed by atoms with Crippen LogP contribution in [0.2, 0.25) is 5.02 Å². The third kappa shape index (κ3) is 7.38. The molecule has 2 heterocycles. The highest BCUT2D eigenvalue weighted by Crippen LogP contribution is 2.42. The van der Waals surface area contributed by atoms with Gasteiger partial charge < -0.3 is 20.3 Å². The quantitative estimate of drug-likeness (QED) is 0.313. The van der Waals surface area contributed by atoms with Gasteiger partial charge in [-0.2, -0.15) is 13.2 Å². The normalized spacial score (nSPS) is 19.4. The van der Waals surface area contributed by atoms with Gasteiger partial charge in [-0.25, -0.2) is 4.79 Å². The summed E-state index contributed by atoms with van der Waals surface area (Å²) < 4.78 is 43.9. The van der Waals surface area contributed by atoms with E-state index in [4.69, 9.17) is 22.1 Å². The van der Waals surface area contributed by atoms with Gasteiger partial charge >= 0.3 is 12.1 Å². The van der Waals surface area contributed by atoms with Gasteiger partial charge in [0.2, 0.25) is 5.91 Å². The zero-order valence-corrected chi connectivity index (χ0v) is 24.0. The molecule has 2 aromatic rings. The highest BCUT2D eigenvalue weighted by Gasteiger charge is 2.45. The fourth-order valence-corrected chi connectivity index (χ4v) is 5.40. The number of amides is 1. The molecule has 2 aliphatic rings. The first-order valence-electron chi connectivity index (χ1n) is 13.5. The summed E-state index contributed by atoms with van der Waals surface area (Å²) in [7, 11) is 1.31. The number of hydrogen-bond acceptors (Lipinski definition) is 5. The van der Waals surface area contributed by atoms with Crippen molar-refractivity contribution < 1.29 is 27.5 Å². The van der Waals surface area contributed by atoms with E-state index in [-0.39, 0.29) is 23.6 Å². The second-order valence-corrected chi connectivity index (χ2v) is 9.34. The SMILES string of the molecule is CC.CC.COC(=O)C1CCC(c2ccccc2Cl)N1C(=O)C1CCN(c2ccc(C(F)(F)F)cc2N)CC1. The average Bonchev–Trinajstić information content (AvgIpc) is 3.39. The molecule has 0 spiro atoms. The number of alkyl halides is 3. The molecule has 0 bridgehead atoms. The second-order valence-electron chi connectivity index (χ2n) is 8.93. The lowest BCUT2D eigenvalue weighted by Crippen LogP contribution is -2.48. The van der Waals surface area contributed by atoms with Crippen molar-refractivity contribution in [3.05, 3.63) is 58.6 Å². The van der Waals surface area contributed by atoms with Gasteiger partial charge in [0.15, 0.2) is 0 Å². The summed E-state index contributed by atoms with van der Waals surface area (Å²) in [6, 6.07) is 9.60. The maximum atomic E-state index is 13.7. The Morgan fingerprint density at radius 3 is 2.13 bits per heavy atom. The minimum Gasteiger partial charge on any atom is -0.467 e. The molecule has 2 fully saturated rings. The molecule has 1 amide bonds. The van der Waals surface area contributed by atoms with E-state index in [2.05, 4.69) is 0 Å². The highest BCUT2D eigenvalue weighted by molar-refractivity contribution is 6.31. The fourth-order valence-electron chi connectivity index (χ4n) is 5.13. The summed E-state index contributed by atoms with van der Waals surface area (Å²) in [5, 5.41) is 0.536. The number of nitrogens with zero attached hydrogens (tertiary/aromatic N) is 2. The van der Waals surface area contributed by atoms with E-state index < -0.39 is 23.8 Å². The van der Waals surface area contributed by atoms with Crippen molar-refractivity contribution >= 4 is 34.9 Å². The van der Waals surface area contributed by atoms with Crippen LogP contribution in [0.1, 0.15) is 70.5 Å². The number of carbonyl (C=O) groups excluding carboxylic acids is 2. The molecule has 0 saturated carbocycles. The van der Waals surface area contributed by atoms with Gasteiger partial charge in [0.1, 0.15) is 6.04 Å². The van der Waals surface area contributed by atoms with Crippen LogP contribution in [-0.2, 0) is 20.5 Å². The molecule has 2 aromatic carbocycles. The van der Waals surface area contributed by atoms with Crippen molar-refractivity contribution in [2.24, 2.45) is 5.92 Å². The zero-order valence-electron chi connectivity index (χ0n) is 23.2. The Bertz CT molecular complexity index is 1100. The standard InChI is InChI=1S/C25H27ClF3N3O3.2C2H6/c1-35-24(34)22-9-8-20(17-4-2-3-5-18(17)26)32(22)23(33)15-10-12-31(13-11-15)21-7-6-16(14-19(21)30)25(27,28)29;2*1-2/h2-7,14-15,20,22H,8-13,30H2,1H3;2*1-2H3. The Morgan fingerprint density at radius 2 is 1.59 bits per heavy atom. The molecule has 39 heavy (non-hydrogen) atoms. The van der Waals surface area contributed by atoms with Gasteiger partial charge in [0, 0.05) is 24.0 Å². The molecular formula is C29H39ClF3N3O3. The van der Waals surface area contributed by atoms with Gasteiger partial charge in [-0.15, -0.1) is 0 Å². The number of hydrogen-bond donors (Lipinski definition) is 1. The van der Waals surface area contributed by atoms with Crippen LogP contribution in [-0.4, -0.2) is 43.0 Å². The molecule has 0 aliphatic carbocycles. The van der Waals surface area contributed by atoms with Crippen LogP contribution in [0, 0.1) is 5.92 Å². The van der Waals surface area contributed by atoms with Gasteiger partial charge in [-0.05, 0) is 55.5 Å². The van der Waals surface area contributed by atoms with Crippen LogP contribution in [0.25, 0.3) is 0 Å². The van der Waals surface area contributed by atoms with E-state index >= 15 is 0 Å². The molecule has 2 aliphatic heterocycles. The van der Waals surface area contributed by atoms with Crippen molar-refractivity contribution in [1.82, 2.24) is 4.90 Å². The molecule has 2 atom stereocenters. The number of esters is 1. The largest absolute Gasteiger partial charge is 0.467 e. The summed E-state index contributed by atoms with van der Waals surface area (Å²) in [5.41, 5.74) is 6.50. The van der Waals surface area contributed by atoms with Gasteiger partial charge in [0.25, 0.3) is 0 Å². The highest BCUT2D eigenvalue weighted by atomic mass is 35.5. The number of anilines is 2. The molecule has 216 valence electrons. The van der Waals surface area contributed by atoms with Crippen LogP contribution in [0.5, 0.6) is 0 Å². The number of carbonyl (C=O) groups is 2. The van der Waals surface area contributed by atoms with E-state index in [1.54, 1.807) is 11.0 Å². The molecule has 0 aromatic heterocycles. The number of benzene rings is 2. The smallest absolute Gasteiger partial charge is 0.416 e. The topological polar surface area (TPSA) is 75.9 Å². The minimum atomic E-state index is -4.46. The van der Waals surface area contributed by atoms with Gasteiger partial charge in [0.05, 0.1) is 30.1 Å². The zero-order chi connectivity index (χ0) is 29.3. The van der Waals surface area contributed by atoms with Crippen molar-refractivity contribution in [2.45, 2.75) is 71.6 Å². The number of ether oxygens (including phenoxy) is 1. The molecule has 2 saturated heterocycles. The first kappa shape index (κ1) is 32.3. The van der Waals surface area contributed by atoms with E-state index in [0.717, 1.165) is 17.7 Å². The van der Waals surface area contributed by atoms with Crippen molar-refractivity contribution in [1.29, 1.82) is 0 Å². The summed E-state index contributed by atoms with van der Waals surface area (Å²) in [6.07, 6.45) is -2.42. The fraction of sp³-hybridized carbons (Fsp3) is 0.517. The number of nitrogens with two attached hydrogens (primary N) is 1. The average molecular weight is 570 g/mol. The number of nitrogen functional groups attached to an aromatic ring is 1. The van der Waals surface area contributed by atoms with Crippen molar-refractivity contribution in [3.8, 4) is 0 Å². The van der Waals surface area contributed by atoms with Crippen LogP contribution in [0.4, 0.5) is 24.5 Å². The summed E-state index contributed by atoms with van der Waals surface area (Å²) in [4.78, 5) is 29.7. The summed E-state index contributed by atoms with van der Waals surface area (Å²) >= 11 is 6.42. The Labute approximate surface area is 234 Å². The number of likely N-dealkylation sites (tertiary alicyclic amines) is 1. The van der Waals surface area contributed by atoms with Crippen LogP contribution in [0.3, 0.4) is 0 Å². The third-order valence-electron chi connectivity index (χ3n) is 6.92. The number of piperidine rings is 1. The predicted octanol–water partition coefficient (Wildman–Crippen LogP) is 7.12. The summed E-state index contributed by atoms with van der Waals surface area (Å²) in [5.74, 6) is -0.928. The second kappa shape index (κ2) is 14.4. The first-order valence-corrected chi connectivity index (χ1v) is 13.9. The lowest BCUT2D eigenvalue weighted by atomic mass is 9.93. The Balaban J connectivity index is 0.00000127. The van der Waals surface area contributed by atoms with Gasteiger partial charge in [-0.1, -0.05) is 57.5 Å². The van der Waals surface area contributed by atoms with Gasteiger partial charge in [-0.3, -0.25) is 4.79 Å². The van der Waals surface area contributed by atoms with E-state index in [1.807, 2.05) is 50.8 Å². The van der Waals surface area contributed by atoms with Crippen LogP contribution in [0.15, 0.2) is 42.5 Å². The number of halogens is 4. The molecule has 4 rings (SSSR count). The van der Waals surface area contributed by atoms with E-state index in [0.29, 0.717) is 49.5 Å². The maximum Gasteiger partial charge on any atom is 0.416 e. The first-order chi connectivity index (χ1) is 18.6. The molecule has 10 heteroatoms. The lowest BCUT2D eigenvalue weighted by Gasteiger charge is -2.38. The number of rotatable bonds is 4. The molecule has 0 radical (unpaired) electrons. The molecule has 6 nitrogen and oxygen atoms in total. The van der Waals surface area contributed by atoms with Crippen molar-refractivity contribution in [3.63, 3.8) is 0 Å². The summed E-state index contributed by atoms with van der Waals surface area (Å²) in [6.45, 7) is 8.92. The Hall–Kier alpha value is -2.94.